The van der Waals surface area contributed by atoms with Crippen LogP contribution in [0.25, 0.3) is 0 Å². The topological polar surface area (TPSA) is 53.7 Å². The summed E-state index contributed by atoms with van der Waals surface area (Å²) in [5.74, 6) is 2.20. The van der Waals surface area contributed by atoms with Crippen LogP contribution < -0.4 is 19.9 Å². The van der Waals surface area contributed by atoms with Crippen LogP contribution >= 0.6 is 0 Å². The number of rotatable bonds is 2. The molecular formula is C10H13NO3. The smallest absolute Gasteiger partial charge is 0.165 e. The normalized spacial score (nSPS) is 19.1. The number of hydrogen-bond acceptors (Lipinski definition) is 4. The predicted molar refractivity (Wildman–Crippen MR) is 52.0 cm³/mol. The van der Waals surface area contributed by atoms with Crippen LogP contribution in [0.2, 0.25) is 0 Å². The van der Waals surface area contributed by atoms with Crippen LogP contribution in [0, 0.1) is 0 Å². The van der Waals surface area contributed by atoms with Gasteiger partial charge in [-0.1, -0.05) is 0 Å². The van der Waals surface area contributed by atoms with E-state index in [4.69, 9.17) is 19.9 Å². The Bertz CT molecular complexity index is 327. The minimum absolute atomic E-state index is 0.0605. The first kappa shape index (κ1) is 9.15. The molecule has 1 atom stereocenters. The van der Waals surface area contributed by atoms with Gasteiger partial charge >= 0.3 is 0 Å². The van der Waals surface area contributed by atoms with Gasteiger partial charge in [-0.05, 0) is 12.1 Å². The van der Waals surface area contributed by atoms with E-state index in [9.17, 15) is 0 Å². The van der Waals surface area contributed by atoms with Gasteiger partial charge in [0.05, 0.1) is 7.11 Å². The summed E-state index contributed by atoms with van der Waals surface area (Å²) in [5.41, 5.74) is 5.49. The average Bonchev–Trinajstić information content (AvgIpc) is 2.27. The van der Waals surface area contributed by atoms with Crippen LogP contribution in [0.4, 0.5) is 0 Å². The van der Waals surface area contributed by atoms with Crippen LogP contribution in [0.1, 0.15) is 0 Å². The van der Waals surface area contributed by atoms with E-state index in [2.05, 4.69) is 0 Å². The van der Waals surface area contributed by atoms with Crippen molar-refractivity contribution >= 4 is 0 Å². The third-order valence-corrected chi connectivity index (χ3v) is 2.13. The summed E-state index contributed by atoms with van der Waals surface area (Å²) in [6, 6.07) is 5.48. The molecule has 1 aromatic rings. The Morgan fingerprint density at radius 3 is 3.07 bits per heavy atom. The maximum absolute atomic E-state index is 5.59. The summed E-state index contributed by atoms with van der Waals surface area (Å²) in [6.07, 6.45) is -0.0605. The van der Waals surface area contributed by atoms with Crippen LogP contribution in [-0.2, 0) is 0 Å². The Morgan fingerprint density at radius 1 is 1.50 bits per heavy atom. The molecule has 2 N–H and O–H groups in total. The molecule has 0 aromatic heterocycles. The Kier molecular flexibility index (Phi) is 2.45. The van der Waals surface area contributed by atoms with E-state index < -0.39 is 0 Å². The van der Waals surface area contributed by atoms with Crippen molar-refractivity contribution in [3.05, 3.63) is 18.2 Å². The Labute approximate surface area is 82.6 Å². The second-order valence-corrected chi connectivity index (χ2v) is 3.10. The summed E-state index contributed by atoms with van der Waals surface area (Å²) >= 11 is 0. The molecule has 76 valence electrons. The molecule has 0 amide bonds. The number of fused-ring (bicyclic) bond motifs is 1. The molecule has 0 radical (unpaired) electrons. The largest absolute Gasteiger partial charge is 0.497 e. The van der Waals surface area contributed by atoms with Gasteiger partial charge in [0, 0.05) is 12.6 Å². The molecule has 1 aromatic carbocycles. The van der Waals surface area contributed by atoms with Crippen LogP contribution in [0.3, 0.4) is 0 Å². The summed E-state index contributed by atoms with van der Waals surface area (Å²) in [4.78, 5) is 0. The van der Waals surface area contributed by atoms with Crippen molar-refractivity contribution in [2.75, 3.05) is 20.3 Å². The Balaban J connectivity index is 2.25. The fraction of sp³-hybridized carbons (Fsp3) is 0.400. The van der Waals surface area contributed by atoms with Gasteiger partial charge in [0.2, 0.25) is 0 Å². The third kappa shape index (κ3) is 1.61. The van der Waals surface area contributed by atoms with E-state index in [0.717, 1.165) is 11.5 Å². The lowest BCUT2D eigenvalue weighted by Crippen LogP contribution is -2.35. The van der Waals surface area contributed by atoms with E-state index in [1.165, 1.54) is 0 Å². The van der Waals surface area contributed by atoms with Crippen molar-refractivity contribution in [3.63, 3.8) is 0 Å². The van der Waals surface area contributed by atoms with E-state index in [0.29, 0.717) is 18.9 Å². The molecule has 0 aliphatic carbocycles. The van der Waals surface area contributed by atoms with Crippen molar-refractivity contribution < 1.29 is 14.2 Å². The van der Waals surface area contributed by atoms with Gasteiger partial charge in [0.25, 0.3) is 0 Å². The highest BCUT2D eigenvalue weighted by molar-refractivity contribution is 5.46. The molecule has 0 unspecified atom stereocenters. The molecule has 0 bridgehead atoms. The minimum atomic E-state index is -0.0605. The number of nitrogens with two attached hydrogens (primary N) is 1. The lowest BCUT2D eigenvalue weighted by molar-refractivity contribution is 0.0964. The monoisotopic (exact) mass is 195 g/mol. The summed E-state index contributed by atoms with van der Waals surface area (Å²) in [6.45, 7) is 0.965. The summed E-state index contributed by atoms with van der Waals surface area (Å²) in [7, 11) is 1.62. The number of hydrogen-bond donors (Lipinski definition) is 1. The molecule has 2 rings (SSSR count). The average molecular weight is 195 g/mol. The fourth-order valence-electron chi connectivity index (χ4n) is 1.34. The minimum Gasteiger partial charge on any atom is -0.497 e. The predicted octanol–water partition coefficient (Wildman–Crippen LogP) is 0.794. The van der Waals surface area contributed by atoms with E-state index in [1.54, 1.807) is 13.2 Å². The highest BCUT2D eigenvalue weighted by Gasteiger charge is 2.19. The third-order valence-electron chi connectivity index (χ3n) is 2.13. The lowest BCUT2D eigenvalue weighted by Gasteiger charge is -2.25. The molecule has 4 heteroatoms. The molecule has 0 saturated carbocycles. The quantitative estimate of drug-likeness (QED) is 0.758. The van der Waals surface area contributed by atoms with Crippen LogP contribution in [-0.4, -0.2) is 26.4 Å². The van der Waals surface area contributed by atoms with Crippen molar-refractivity contribution in [1.29, 1.82) is 0 Å². The zero-order valence-electron chi connectivity index (χ0n) is 8.03. The first-order chi connectivity index (χ1) is 6.83. The van der Waals surface area contributed by atoms with Gasteiger partial charge in [-0.3, -0.25) is 0 Å². The lowest BCUT2D eigenvalue weighted by atomic mass is 10.2. The second kappa shape index (κ2) is 3.75. The molecule has 1 aliphatic rings. The first-order valence-electron chi connectivity index (χ1n) is 4.51. The van der Waals surface area contributed by atoms with E-state index in [-0.39, 0.29) is 6.10 Å². The first-order valence-corrected chi connectivity index (χ1v) is 4.51. The van der Waals surface area contributed by atoms with Crippen molar-refractivity contribution in [2.24, 2.45) is 5.73 Å². The summed E-state index contributed by atoms with van der Waals surface area (Å²) in [5, 5.41) is 0. The van der Waals surface area contributed by atoms with E-state index in [1.807, 2.05) is 12.1 Å². The Morgan fingerprint density at radius 2 is 2.36 bits per heavy atom. The SMILES string of the molecule is COc1ccc2c(c1)O[C@H](CN)CO2. The van der Waals surface area contributed by atoms with Gasteiger partial charge in [-0.25, -0.2) is 0 Å². The maximum atomic E-state index is 5.59. The van der Waals surface area contributed by atoms with Crippen molar-refractivity contribution in [3.8, 4) is 17.2 Å². The zero-order chi connectivity index (χ0) is 9.97. The van der Waals surface area contributed by atoms with Gasteiger partial charge in [0.1, 0.15) is 18.5 Å². The maximum Gasteiger partial charge on any atom is 0.165 e. The van der Waals surface area contributed by atoms with Gasteiger partial charge in [-0.2, -0.15) is 0 Å². The van der Waals surface area contributed by atoms with Gasteiger partial charge < -0.3 is 19.9 Å². The van der Waals surface area contributed by atoms with Crippen molar-refractivity contribution in [2.45, 2.75) is 6.10 Å². The number of ether oxygens (including phenoxy) is 3. The molecule has 0 saturated heterocycles. The standard InChI is InChI=1S/C10H13NO3/c1-12-7-2-3-9-10(4-7)14-8(5-11)6-13-9/h2-4,8H,5-6,11H2,1H3/t8-/m1/s1. The zero-order valence-corrected chi connectivity index (χ0v) is 8.03. The Hall–Kier alpha value is -1.42. The van der Waals surface area contributed by atoms with Gasteiger partial charge in [0.15, 0.2) is 11.5 Å². The highest BCUT2D eigenvalue weighted by atomic mass is 16.6. The molecule has 0 spiro atoms. The van der Waals surface area contributed by atoms with Crippen molar-refractivity contribution in [1.82, 2.24) is 0 Å². The molecule has 1 heterocycles. The van der Waals surface area contributed by atoms with E-state index >= 15 is 0 Å². The van der Waals surface area contributed by atoms with Crippen LogP contribution in [0.5, 0.6) is 17.2 Å². The molecule has 4 nitrogen and oxygen atoms in total. The van der Waals surface area contributed by atoms with Crippen LogP contribution in [0.15, 0.2) is 18.2 Å². The number of benzene rings is 1. The number of methoxy groups -OCH3 is 1. The molecule has 1 aliphatic heterocycles. The fourth-order valence-corrected chi connectivity index (χ4v) is 1.34. The molecule has 14 heavy (non-hydrogen) atoms. The van der Waals surface area contributed by atoms with Gasteiger partial charge in [-0.15, -0.1) is 0 Å². The molecular weight excluding hydrogens is 182 g/mol. The molecule has 0 fully saturated rings. The highest BCUT2D eigenvalue weighted by Crippen LogP contribution is 2.34. The second-order valence-electron chi connectivity index (χ2n) is 3.10. The summed E-state index contributed by atoms with van der Waals surface area (Å²) < 4.78 is 16.1.